The zero-order chi connectivity index (χ0) is 24.0. The SMILES string of the molecule is Cc1ccc(/C=C2/SC(=S)N(CCCCCC(=O)Nc3ccc(O)c(C(=O)O)c3)C2=O)cc1. The monoisotopic (exact) mass is 484 g/mol. The van der Waals surface area contributed by atoms with E-state index in [4.69, 9.17) is 17.3 Å². The predicted molar refractivity (Wildman–Crippen MR) is 133 cm³/mol. The Morgan fingerprint density at radius 3 is 2.55 bits per heavy atom. The van der Waals surface area contributed by atoms with Gasteiger partial charge in [-0.25, -0.2) is 4.79 Å². The minimum atomic E-state index is -1.27. The Morgan fingerprint density at radius 2 is 1.85 bits per heavy atom. The Morgan fingerprint density at radius 1 is 1.12 bits per heavy atom. The van der Waals surface area contributed by atoms with Crippen LogP contribution in [0.3, 0.4) is 0 Å². The number of carboxylic acid groups (broad SMARTS) is 1. The van der Waals surface area contributed by atoms with Gasteiger partial charge in [0.05, 0.1) is 4.91 Å². The molecule has 0 saturated carbocycles. The first kappa shape index (κ1) is 24.5. The summed E-state index contributed by atoms with van der Waals surface area (Å²) in [5, 5.41) is 21.2. The summed E-state index contributed by atoms with van der Waals surface area (Å²) < 4.78 is 0.540. The quantitative estimate of drug-likeness (QED) is 0.203. The molecule has 1 aliphatic rings. The molecule has 0 bridgehead atoms. The molecule has 172 valence electrons. The summed E-state index contributed by atoms with van der Waals surface area (Å²) >= 11 is 6.67. The fourth-order valence-corrected chi connectivity index (χ4v) is 4.56. The van der Waals surface area contributed by atoms with Gasteiger partial charge in [0.1, 0.15) is 15.6 Å². The van der Waals surface area contributed by atoms with Crippen LogP contribution >= 0.6 is 24.0 Å². The maximum atomic E-state index is 12.7. The second-order valence-corrected chi connectivity index (χ2v) is 9.32. The molecule has 9 heteroatoms. The van der Waals surface area contributed by atoms with Crippen LogP contribution in [0.5, 0.6) is 5.75 Å². The van der Waals surface area contributed by atoms with Gasteiger partial charge in [-0.2, -0.15) is 0 Å². The number of unbranched alkanes of at least 4 members (excludes halogenated alkanes) is 2. The Kier molecular flexibility index (Phi) is 8.24. The number of hydrogen-bond acceptors (Lipinski definition) is 6. The van der Waals surface area contributed by atoms with Crippen LogP contribution in [0.2, 0.25) is 0 Å². The molecule has 0 atom stereocenters. The van der Waals surface area contributed by atoms with Crippen LogP contribution in [0.4, 0.5) is 5.69 Å². The van der Waals surface area contributed by atoms with Crippen LogP contribution in [0.25, 0.3) is 6.08 Å². The van der Waals surface area contributed by atoms with E-state index in [1.807, 2.05) is 37.3 Å². The molecular formula is C24H24N2O5S2. The second-order valence-electron chi connectivity index (χ2n) is 7.64. The van der Waals surface area contributed by atoms with Gasteiger partial charge < -0.3 is 15.5 Å². The molecule has 0 unspecified atom stereocenters. The number of nitrogens with one attached hydrogen (secondary N) is 1. The minimum Gasteiger partial charge on any atom is -0.507 e. The van der Waals surface area contributed by atoms with Gasteiger partial charge in [0.2, 0.25) is 5.91 Å². The summed E-state index contributed by atoms with van der Waals surface area (Å²) in [6, 6.07) is 11.8. The zero-order valence-electron chi connectivity index (χ0n) is 18.0. The molecular weight excluding hydrogens is 460 g/mol. The Balaban J connectivity index is 1.42. The summed E-state index contributed by atoms with van der Waals surface area (Å²) in [4.78, 5) is 38.1. The third-order valence-corrected chi connectivity index (χ3v) is 6.42. The summed E-state index contributed by atoms with van der Waals surface area (Å²) in [5.74, 6) is -1.97. The van der Waals surface area contributed by atoms with Crippen molar-refractivity contribution in [3.8, 4) is 5.75 Å². The van der Waals surface area contributed by atoms with Crippen molar-refractivity contribution in [2.75, 3.05) is 11.9 Å². The number of benzene rings is 2. The van der Waals surface area contributed by atoms with E-state index in [9.17, 15) is 19.5 Å². The number of nitrogens with zero attached hydrogens (tertiary/aromatic N) is 1. The van der Waals surface area contributed by atoms with Crippen molar-refractivity contribution < 1.29 is 24.6 Å². The summed E-state index contributed by atoms with van der Waals surface area (Å²) in [6.45, 7) is 2.51. The number of thiocarbonyl (C=S) groups is 1. The predicted octanol–water partition coefficient (Wildman–Crippen LogP) is 4.80. The first-order valence-corrected chi connectivity index (χ1v) is 11.7. The lowest BCUT2D eigenvalue weighted by Gasteiger charge is -2.14. The summed E-state index contributed by atoms with van der Waals surface area (Å²) in [5.41, 5.74) is 2.15. The van der Waals surface area contributed by atoms with Gasteiger partial charge in [-0.1, -0.05) is 60.2 Å². The van der Waals surface area contributed by atoms with Crippen LogP contribution in [-0.4, -0.2) is 43.8 Å². The smallest absolute Gasteiger partial charge is 0.339 e. The van der Waals surface area contributed by atoms with E-state index in [0.717, 1.165) is 17.5 Å². The van der Waals surface area contributed by atoms with Crippen molar-refractivity contribution in [3.63, 3.8) is 0 Å². The number of aryl methyl sites for hydroxylation is 1. The van der Waals surface area contributed by atoms with Gasteiger partial charge in [-0.3, -0.25) is 14.5 Å². The maximum absolute atomic E-state index is 12.7. The van der Waals surface area contributed by atoms with Crippen LogP contribution < -0.4 is 5.32 Å². The lowest BCUT2D eigenvalue weighted by molar-refractivity contribution is -0.122. The molecule has 1 saturated heterocycles. The van der Waals surface area contributed by atoms with E-state index < -0.39 is 5.97 Å². The largest absolute Gasteiger partial charge is 0.507 e. The average Bonchev–Trinajstić information content (AvgIpc) is 3.03. The van der Waals surface area contributed by atoms with Gasteiger partial charge in [0.15, 0.2) is 0 Å². The second kappa shape index (κ2) is 11.1. The Hall–Kier alpha value is -3.17. The van der Waals surface area contributed by atoms with Crippen LogP contribution in [0.15, 0.2) is 47.4 Å². The highest BCUT2D eigenvalue weighted by molar-refractivity contribution is 8.26. The van der Waals surface area contributed by atoms with Crippen LogP contribution in [-0.2, 0) is 9.59 Å². The van der Waals surface area contributed by atoms with E-state index in [0.29, 0.717) is 34.3 Å². The molecule has 2 aromatic rings. The van der Waals surface area contributed by atoms with Crippen molar-refractivity contribution >= 4 is 57.8 Å². The molecule has 3 rings (SSSR count). The fourth-order valence-electron chi connectivity index (χ4n) is 3.25. The van der Waals surface area contributed by atoms with Crippen molar-refractivity contribution in [3.05, 3.63) is 64.1 Å². The highest BCUT2D eigenvalue weighted by Crippen LogP contribution is 2.32. The molecule has 0 spiro atoms. The average molecular weight is 485 g/mol. The van der Waals surface area contributed by atoms with E-state index in [1.165, 1.54) is 30.0 Å². The third-order valence-electron chi connectivity index (χ3n) is 5.04. The molecule has 7 nitrogen and oxygen atoms in total. The van der Waals surface area contributed by atoms with E-state index in [1.54, 1.807) is 4.90 Å². The molecule has 1 aliphatic heterocycles. The van der Waals surface area contributed by atoms with Crippen LogP contribution in [0.1, 0.15) is 47.2 Å². The number of phenols is 1. The van der Waals surface area contributed by atoms with Crippen molar-refractivity contribution in [2.45, 2.75) is 32.6 Å². The first-order valence-electron chi connectivity index (χ1n) is 10.4. The lowest BCUT2D eigenvalue weighted by atomic mass is 10.1. The number of anilines is 1. The summed E-state index contributed by atoms with van der Waals surface area (Å²) in [6.07, 6.45) is 4.16. The number of aromatic hydroxyl groups is 1. The lowest BCUT2D eigenvalue weighted by Crippen LogP contribution is -2.29. The molecule has 1 heterocycles. The number of aromatic carboxylic acids is 1. The van der Waals surface area contributed by atoms with Crippen molar-refractivity contribution in [1.29, 1.82) is 0 Å². The first-order chi connectivity index (χ1) is 15.7. The van der Waals surface area contributed by atoms with Gasteiger partial charge in [0.25, 0.3) is 5.91 Å². The molecule has 0 aromatic heterocycles. The number of carboxylic acids is 1. The van der Waals surface area contributed by atoms with E-state index in [2.05, 4.69) is 5.32 Å². The van der Waals surface area contributed by atoms with Gasteiger partial charge in [0, 0.05) is 18.7 Å². The van der Waals surface area contributed by atoms with Crippen LogP contribution in [0, 0.1) is 6.92 Å². The number of hydrogen-bond donors (Lipinski definition) is 3. The zero-order valence-corrected chi connectivity index (χ0v) is 19.7. The molecule has 0 radical (unpaired) electrons. The molecule has 1 fully saturated rings. The van der Waals surface area contributed by atoms with Gasteiger partial charge >= 0.3 is 5.97 Å². The van der Waals surface area contributed by atoms with E-state index >= 15 is 0 Å². The standard InChI is InChI=1S/C24H24N2O5S2/c1-15-6-8-16(9-7-15)13-20-22(29)26(24(32)33-20)12-4-2-3-5-21(28)25-17-10-11-19(27)18(14-17)23(30)31/h6-11,13-14,27H,2-5,12H2,1H3,(H,25,28)(H,30,31)/b20-13+. The molecule has 33 heavy (non-hydrogen) atoms. The van der Waals surface area contributed by atoms with Gasteiger partial charge in [-0.15, -0.1) is 0 Å². The topological polar surface area (TPSA) is 107 Å². The number of rotatable bonds is 9. The number of carbonyl (C=O) groups is 3. The third kappa shape index (κ3) is 6.66. The molecule has 0 aliphatic carbocycles. The summed E-state index contributed by atoms with van der Waals surface area (Å²) in [7, 11) is 0. The highest BCUT2D eigenvalue weighted by atomic mass is 32.2. The van der Waals surface area contributed by atoms with Gasteiger partial charge in [-0.05, 0) is 49.6 Å². The maximum Gasteiger partial charge on any atom is 0.339 e. The Bertz CT molecular complexity index is 1110. The molecule has 2 amide bonds. The normalized spacial score (nSPS) is 14.7. The highest BCUT2D eigenvalue weighted by Gasteiger charge is 2.31. The van der Waals surface area contributed by atoms with E-state index in [-0.39, 0.29) is 29.5 Å². The Labute approximate surface area is 201 Å². The molecule has 3 N–H and O–H groups in total. The van der Waals surface area contributed by atoms with Crippen molar-refractivity contribution in [1.82, 2.24) is 4.90 Å². The number of carbonyl (C=O) groups excluding carboxylic acids is 2. The number of amides is 2. The fraction of sp³-hybridized carbons (Fsp3) is 0.250. The number of thioether (sulfide) groups is 1. The van der Waals surface area contributed by atoms with Crippen molar-refractivity contribution in [2.24, 2.45) is 0 Å². The minimum absolute atomic E-state index is 0.0927. The molecule has 2 aromatic carbocycles.